The van der Waals surface area contributed by atoms with E-state index in [2.05, 4.69) is 5.32 Å². The molecule has 0 fully saturated rings. The van der Waals surface area contributed by atoms with Gasteiger partial charge in [0.2, 0.25) is 0 Å². The van der Waals surface area contributed by atoms with Crippen LogP contribution in [0.15, 0.2) is 0 Å². The molecule has 0 saturated carbocycles. The van der Waals surface area contributed by atoms with Gasteiger partial charge in [-0.2, -0.15) is 13.2 Å². The molecule has 0 spiro atoms. The van der Waals surface area contributed by atoms with E-state index in [0.717, 1.165) is 0 Å². The van der Waals surface area contributed by atoms with Crippen LogP contribution in [0.25, 0.3) is 0 Å². The summed E-state index contributed by atoms with van der Waals surface area (Å²) in [5, 5.41) is 4.52. The molecule has 0 aliphatic rings. The van der Waals surface area contributed by atoms with Crippen molar-refractivity contribution in [3.8, 4) is 0 Å². The molecular formula is C7H13F3N2O2. The lowest BCUT2D eigenvalue weighted by molar-refractivity contribution is -0.173. The van der Waals surface area contributed by atoms with E-state index in [9.17, 15) is 18.0 Å². The summed E-state index contributed by atoms with van der Waals surface area (Å²) in [5.74, 6) is -1.91. The van der Waals surface area contributed by atoms with Gasteiger partial charge < -0.3 is 15.4 Å². The number of methoxy groups -OCH3 is 1. The van der Waals surface area contributed by atoms with Gasteiger partial charge in [0.1, 0.15) is 0 Å². The van der Waals surface area contributed by atoms with Crippen molar-refractivity contribution >= 4 is 5.91 Å². The number of hydrogen-bond donors (Lipinski definition) is 2. The fraction of sp³-hybridized carbons (Fsp3) is 0.857. The molecule has 0 radical (unpaired) electrons. The Hall–Kier alpha value is -0.820. The SMILES string of the molecule is COCCNCCNC(=O)C(F)(F)F. The zero-order valence-corrected chi connectivity index (χ0v) is 7.78. The molecule has 0 heterocycles. The van der Waals surface area contributed by atoms with E-state index in [-0.39, 0.29) is 13.1 Å². The van der Waals surface area contributed by atoms with Crippen LogP contribution in [0.1, 0.15) is 0 Å². The van der Waals surface area contributed by atoms with E-state index >= 15 is 0 Å². The Morgan fingerprint density at radius 3 is 2.43 bits per heavy atom. The standard InChI is InChI=1S/C7H13F3N2O2/c1-14-5-4-11-2-3-12-6(13)7(8,9)10/h11H,2-5H2,1H3,(H,12,13). The first-order chi connectivity index (χ1) is 6.48. The molecule has 4 nitrogen and oxygen atoms in total. The second-order valence-electron chi connectivity index (χ2n) is 2.50. The molecule has 0 unspecified atom stereocenters. The molecule has 7 heteroatoms. The third-order valence-corrected chi connectivity index (χ3v) is 1.33. The van der Waals surface area contributed by atoms with Crippen molar-refractivity contribution in [1.29, 1.82) is 0 Å². The van der Waals surface area contributed by atoms with Gasteiger partial charge in [0, 0.05) is 26.7 Å². The van der Waals surface area contributed by atoms with Crippen molar-refractivity contribution in [2.75, 3.05) is 33.4 Å². The second kappa shape index (κ2) is 6.61. The zero-order valence-electron chi connectivity index (χ0n) is 7.78. The molecule has 0 saturated heterocycles. The Morgan fingerprint density at radius 1 is 1.29 bits per heavy atom. The highest BCUT2D eigenvalue weighted by Crippen LogP contribution is 2.13. The summed E-state index contributed by atoms with van der Waals surface area (Å²) in [5.41, 5.74) is 0. The van der Waals surface area contributed by atoms with Gasteiger partial charge in [-0.05, 0) is 0 Å². The third-order valence-electron chi connectivity index (χ3n) is 1.33. The summed E-state index contributed by atoms with van der Waals surface area (Å²) >= 11 is 0. The van der Waals surface area contributed by atoms with Gasteiger partial charge in [-0.1, -0.05) is 0 Å². The van der Waals surface area contributed by atoms with Crippen LogP contribution in [0, 0.1) is 0 Å². The number of alkyl halides is 3. The van der Waals surface area contributed by atoms with E-state index in [1.165, 1.54) is 7.11 Å². The summed E-state index contributed by atoms with van der Waals surface area (Å²) in [6, 6.07) is 0. The zero-order chi connectivity index (χ0) is 11.0. The molecule has 1 amide bonds. The first kappa shape index (κ1) is 13.2. The lowest BCUT2D eigenvalue weighted by Gasteiger charge is -2.08. The van der Waals surface area contributed by atoms with Gasteiger partial charge in [0.15, 0.2) is 0 Å². The van der Waals surface area contributed by atoms with Crippen molar-refractivity contribution in [2.45, 2.75) is 6.18 Å². The Kier molecular flexibility index (Phi) is 6.22. The first-order valence-electron chi connectivity index (χ1n) is 4.03. The fourth-order valence-electron chi connectivity index (χ4n) is 0.664. The monoisotopic (exact) mass is 214 g/mol. The van der Waals surface area contributed by atoms with E-state index < -0.39 is 12.1 Å². The molecule has 0 aromatic rings. The summed E-state index contributed by atoms with van der Waals surface area (Å²) < 4.78 is 39.6. The Bertz CT molecular complexity index is 173. The van der Waals surface area contributed by atoms with E-state index in [4.69, 9.17) is 4.74 Å². The number of hydrogen-bond acceptors (Lipinski definition) is 3. The maximum absolute atomic E-state index is 11.6. The molecule has 0 rings (SSSR count). The predicted molar refractivity (Wildman–Crippen MR) is 43.8 cm³/mol. The minimum absolute atomic E-state index is 0.0535. The van der Waals surface area contributed by atoms with Crippen molar-refractivity contribution in [2.24, 2.45) is 0 Å². The topological polar surface area (TPSA) is 50.4 Å². The van der Waals surface area contributed by atoms with Crippen LogP contribution in [0.2, 0.25) is 0 Å². The van der Waals surface area contributed by atoms with E-state index in [1.807, 2.05) is 0 Å². The molecule has 0 aliphatic heterocycles. The van der Waals surface area contributed by atoms with Gasteiger partial charge in [-0.3, -0.25) is 4.79 Å². The van der Waals surface area contributed by atoms with Crippen LogP contribution in [0.3, 0.4) is 0 Å². The van der Waals surface area contributed by atoms with Gasteiger partial charge in [-0.15, -0.1) is 0 Å². The largest absolute Gasteiger partial charge is 0.471 e. The van der Waals surface area contributed by atoms with Crippen LogP contribution in [-0.2, 0) is 9.53 Å². The average Bonchev–Trinajstić information content (AvgIpc) is 2.09. The normalized spacial score (nSPS) is 11.4. The number of amides is 1. The molecule has 0 atom stereocenters. The van der Waals surface area contributed by atoms with Crippen molar-refractivity contribution in [1.82, 2.24) is 10.6 Å². The molecule has 0 bridgehead atoms. The smallest absolute Gasteiger partial charge is 0.383 e. The summed E-state index contributed by atoms with van der Waals surface area (Å²) in [6.45, 7) is 1.25. The molecule has 2 N–H and O–H groups in total. The third kappa shape index (κ3) is 6.67. The average molecular weight is 214 g/mol. The molecule has 14 heavy (non-hydrogen) atoms. The van der Waals surface area contributed by atoms with Crippen LogP contribution < -0.4 is 10.6 Å². The summed E-state index contributed by atoms with van der Waals surface area (Å²) in [6.07, 6.45) is -4.80. The molecule has 0 aliphatic carbocycles. The van der Waals surface area contributed by atoms with Gasteiger partial charge in [0.05, 0.1) is 6.61 Å². The van der Waals surface area contributed by atoms with E-state index in [0.29, 0.717) is 13.2 Å². The Morgan fingerprint density at radius 2 is 1.93 bits per heavy atom. The number of nitrogens with one attached hydrogen (secondary N) is 2. The van der Waals surface area contributed by atoms with Gasteiger partial charge >= 0.3 is 12.1 Å². The summed E-state index contributed by atoms with van der Waals surface area (Å²) in [7, 11) is 1.52. The lowest BCUT2D eigenvalue weighted by atomic mass is 10.5. The number of halogens is 3. The minimum Gasteiger partial charge on any atom is -0.383 e. The molecule has 0 aromatic carbocycles. The number of ether oxygens (including phenoxy) is 1. The van der Waals surface area contributed by atoms with Crippen molar-refractivity contribution < 1.29 is 22.7 Å². The Labute approximate surface area is 79.8 Å². The number of carbonyl (C=O) groups excluding carboxylic acids is 1. The van der Waals surface area contributed by atoms with Gasteiger partial charge in [-0.25, -0.2) is 0 Å². The highest BCUT2D eigenvalue weighted by molar-refractivity contribution is 5.81. The lowest BCUT2D eigenvalue weighted by Crippen LogP contribution is -2.40. The number of carbonyl (C=O) groups is 1. The number of rotatable bonds is 6. The van der Waals surface area contributed by atoms with E-state index in [1.54, 1.807) is 5.32 Å². The van der Waals surface area contributed by atoms with Crippen molar-refractivity contribution in [3.63, 3.8) is 0 Å². The molecule has 0 aromatic heterocycles. The van der Waals surface area contributed by atoms with Crippen molar-refractivity contribution in [3.05, 3.63) is 0 Å². The maximum atomic E-state index is 11.6. The van der Waals surface area contributed by atoms with Gasteiger partial charge in [0.25, 0.3) is 0 Å². The van der Waals surface area contributed by atoms with Crippen LogP contribution in [0.5, 0.6) is 0 Å². The fourth-order valence-corrected chi connectivity index (χ4v) is 0.664. The highest BCUT2D eigenvalue weighted by atomic mass is 19.4. The minimum atomic E-state index is -4.80. The molecular weight excluding hydrogens is 201 g/mol. The molecule has 84 valence electrons. The van der Waals surface area contributed by atoms with Crippen LogP contribution in [0.4, 0.5) is 13.2 Å². The maximum Gasteiger partial charge on any atom is 0.471 e. The summed E-state index contributed by atoms with van der Waals surface area (Å²) in [4.78, 5) is 10.3. The quantitative estimate of drug-likeness (QED) is 0.607. The second-order valence-corrected chi connectivity index (χ2v) is 2.50. The van der Waals surface area contributed by atoms with Crippen LogP contribution >= 0.6 is 0 Å². The highest BCUT2D eigenvalue weighted by Gasteiger charge is 2.38. The van der Waals surface area contributed by atoms with Crippen LogP contribution in [-0.4, -0.2) is 45.4 Å². The Balaban J connectivity index is 3.33. The predicted octanol–water partition coefficient (Wildman–Crippen LogP) is -0.0991. The first-order valence-corrected chi connectivity index (χ1v) is 4.03.